The van der Waals surface area contributed by atoms with Gasteiger partial charge in [0.1, 0.15) is 11.5 Å². The van der Waals surface area contributed by atoms with E-state index in [0.717, 1.165) is 37.0 Å². The number of methoxy groups -OCH3 is 1. The first kappa shape index (κ1) is 18.8. The van der Waals surface area contributed by atoms with Crippen LogP contribution < -0.4 is 15.8 Å². The Kier molecular flexibility index (Phi) is 5.35. The lowest BCUT2D eigenvalue weighted by molar-refractivity contribution is -0.120. The monoisotopic (exact) mass is 368 g/mol. The van der Waals surface area contributed by atoms with Crippen LogP contribution in [0, 0.1) is 5.92 Å². The smallest absolute Gasteiger partial charge is 0.228 e. The predicted molar refractivity (Wildman–Crippen MR) is 103 cm³/mol. The first-order chi connectivity index (χ1) is 12.9. The minimum absolute atomic E-state index is 0.0607. The third-order valence-corrected chi connectivity index (χ3v) is 4.91. The lowest BCUT2D eigenvalue weighted by atomic mass is 9.95. The van der Waals surface area contributed by atoms with Crippen molar-refractivity contribution in [3.05, 3.63) is 54.1 Å². The van der Waals surface area contributed by atoms with Crippen LogP contribution in [0.3, 0.4) is 0 Å². The van der Waals surface area contributed by atoms with E-state index in [1.54, 1.807) is 31.4 Å². The summed E-state index contributed by atoms with van der Waals surface area (Å²) in [6.07, 6.45) is 3.69. The van der Waals surface area contributed by atoms with Gasteiger partial charge in [0.15, 0.2) is 0 Å². The number of benzene rings is 2. The zero-order chi connectivity index (χ0) is 19.4. The summed E-state index contributed by atoms with van der Waals surface area (Å²) in [5.41, 5.74) is 6.61. The molecule has 0 aliphatic heterocycles. The molecule has 2 aliphatic rings. The van der Waals surface area contributed by atoms with Crippen LogP contribution in [0.25, 0.3) is 0 Å². The highest BCUT2D eigenvalue weighted by Crippen LogP contribution is 2.48. The molecule has 0 unspecified atom stereocenters. The van der Waals surface area contributed by atoms with Gasteiger partial charge in [0.25, 0.3) is 0 Å². The Hall–Kier alpha value is -3.02. The van der Waals surface area contributed by atoms with Crippen LogP contribution in [-0.4, -0.2) is 24.0 Å². The van der Waals surface area contributed by atoms with E-state index >= 15 is 0 Å². The van der Waals surface area contributed by atoms with Crippen molar-refractivity contribution in [3.63, 3.8) is 0 Å². The number of rotatable bonds is 5. The summed E-state index contributed by atoms with van der Waals surface area (Å²) in [5, 5.41) is 11.9. The topological polar surface area (TPSA) is 102 Å². The summed E-state index contributed by atoms with van der Waals surface area (Å²) < 4.78 is 5.11. The van der Waals surface area contributed by atoms with E-state index < -0.39 is 5.41 Å². The third-order valence-electron chi connectivity index (χ3n) is 4.91. The number of anilines is 1. The van der Waals surface area contributed by atoms with E-state index in [-0.39, 0.29) is 23.5 Å². The van der Waals surface area contributed by atoms with E-state index in [2.05, 4.69) is 5.32 Å². The average Bonchev–Trinajstić information content (AvgIpc) is 3.56. The minimum atomic E-state index is -0.408. The maximum absolute atomic E-state index is 11.3. The molecule has 2 amide bonds. The van der Waals surface area contributed by atoms with E-state index in [0.29, 0.717) is 5.69 Å². The maximum atomic E-state index is 11.3. The minimum Gasteiger partial charge on any atom is -0.508 e. The lowest BCUT2D eigenvalue weighted by Gasteiger charge is -2.11. The molecule has 0 heterocycles. The van der Waals surface area contributed by atoms with Crippen molar-refractivity contribution in [2.45, 2.75) is 31.1 Å². The molecule has 6 heteroatoms. The van der Waals surface area contributed by atoms with Gasteiger partial charge in [-0.1, -0.05) is 18.2 Å². The van der Waals surface area contributed by atoms with Crippen molar-refractivity contribution in [1.29, 1.82) is 0 Å². The zero-order valence-electron chi connectivity index (χ0n) is 15.3. The average molecular weight is 368 g/mol. The van der Waals surface area contributed by atoms with E-state index in [1.807, 2.05) is 24.3 Å². The molecule has 2 aliphatic carbocycles. The molecule has 0 bridgehead atoms. The van der Waals surface area contributed by atoms with Crippen molar-refractivity contribution in [3.8, 4) is 11.5 Å². The van der Waals surface area contributed by atoms with Gasteiger partial charge < -0.3 is 20.9 Å². The molecule has 27 heavy (non-hydrogen) atoms. The molecular formula is C21H24N2O4. The van der Waals surface area contributed by atoms with Crippen LogP contribution in [0.2, 0.25) is 0 Å². The van der Waals surface area contributed by atoms with Crippen molar-refractivity contribution in [1.82, 2.24) is 0 Å². The second kappa shape index (κ2) is 7.70. The number of hydrogen-bond acceptors (Lipinski definition) is 4. The first-order valence-corrected chi connectivity index (χ1v) is 8.99. The van der Waals surface area contributed by atoms with E-state index in [9.17, 15) is 9.59 Å². The molecule has 2 aromatic rings. The number of carbonyl (C=O) groups is 2. The summed E-state index contributed by atoms with van der Waals surface area (Å²) in [5.74, 6) is 0.974. The van der Waals surface area contributed by atoms with Crippen LogP contribution >= 0.6 is 0 Å². The number of nitrogens with one attached hydrogen (secondary N) is 1. The first-order valence-electron chi connectivity index (χ1n) is 8.99. The quantitative estimate of drug-likeness (QED) is 0.755. The Bertz CT molecular complexity index is 842. The van der Waals surface area contributed by atoms with Gasteiger partial charge in [-0.25, -0.2) is 0 Å². The number of ether oxygens (including phenoxy) is 1. The number of phenolic OH excluding ortho intramolecular Hbond substituents is 1. The van der Waals surface area contributed by atoms with Crippen LogP contribution in [0.5, 0.6) is 11.5 Å². The Morgan fingerprint density at radius 2 is 1.85 bits per heavy atom. The number of hydrogen-bond donors (Lipinski definition) is 3. The molecule has 2 aromatic carbocycles. The highest BCUT2D eigenvalue weighted by atomic mass is 16.5. The lowest BCUT2D eigenvalue weighted by Crippen LogP contribution is -2.28. The summed E-state index contributed by atoms with van der Waals surface area (Å²) in [6.45, 7) is 0. The molecule has 2 fully saturated rings. The number of aromatic hydroxyl groups is 1. The molecule has 0 spiro atoms. The van der Waals surface area contributed by atoms with Gasteiger partial charge in [0.05, 0.1) is 12.5 Å². The predicted octanol–water partition coefficient (Wildman–Crippen LogP) is 2.95. The van der Waals surface area contributed by atoms with E-state index in [4.69, 9.17) is 15.6 Å². The van der Waals surface area contributed by atoms with Crippen molar-refractivity contribution in [2.75, 3.05) is 12.4 Å². The van der Waals surface area contributed by atoms with Gasteiger partial charge in [-0.3, -0.25) is 9.59 Å². The number of primary amides is 1. The Balaban J connectivity index is 0.000000156. The largest absolute Gasteiger partial charge is 0.508 e. The number of amides is 2. The summed E-state index contributed by atoms with van der Waals surface area (Å²) in [6, 6.07) is 14.2. The molecule has 0 radical (unpaired) electrons. The number of carbonyl (C=O) groups excluding carboxylic acids is 2. The van der Waals surface area contributed by atoms with Gasteiger partial charge in [0.2, 0.25) is 11.8 Å². The van der Waals surface area contributed by atoms with E-state index in [1.165, 1.54) is 0 Å². The highest BCUT2D eigenvalue weighted by Gasteiger charge is 2.50. The molecule has 0 saturated heterocycles. The second-order valence-corrected chi connectivity index (χ2v) is 6.99. The number of phenols is 1. The zero-order valence-corrected chi connectivity index (χ0v) is 15.3. The van der Waals surface area contributed by atoms with Crippen molar-refractivity contribution < 1.29 is 19.4 Å². The molecular weight excluding hydrogens is 344 g/mol. The molecule has 4 rings (SSSR count). The van der Waals surface area contributed by atoms with Gasteiger partial charge in [-0.05, 0) is 55.5 Å². The SMILES string of the molecule is COc1cccc(C2(C(N)=O)CC2)c1.O=C(Nc1cccc(O)c1)C1CC1. The van der Waals surface area contributed by atoms with Gasteiger partial charge in [0, 0.05) is 17.7 Å². The molecule has 4 N–H and O–H groups in total. The molecule has 2 saturated carbocycles. The normalized spacial score (nSPS) is 16.5. The van der Waals surface area contributed by atoms with Gasteiger partial charge in [-0.15, -0.1) is 0 Å². The molecule has 6 nitrogen and oxygen atoms in total. The Morgan fingerprint density at radius 3 is 2.41 bits per heavy atom. The molecule has 142 valence electrons. The summed E-state index contributed by atoms with van der Waals surface area (Å²) >= 11 is 0. The molecule has 0 atom stereocenters. The van der Waals surface area contributed by atoms with Crippen LogP contribution in [-0.2, 0) is 15.0 Å². The highest BCUT2D eigenvalue weighted by molar-refractivity contribution is 5.94. The summed E-state index contributed by atoms with van der Waals surface area (Å²) in [4.78, 5) is 22.6. The Labute approximate surface area is 158 Å². The third kappa shape index (κ3) is 4.58. The fraction of sp³-hybridized carbons (Fsp3) is 0.333. The van der Waals surface area contributed by atoms with Gasteiger partial charge >= 0.3 is 0 Å². The maximum Gasteiger partial charge on any atom is 0.228 e. The fourth-order valence-corrected chi connectivity index (χ4v) is 2.90. The Morgan fingerprint density at radius 1 is 1.15 bits per heavy atom. The molecule has 0 aromatic heterocycles. The van der Waals surface area contributed by atoms with Crippen LogP contribution in [0.1, 0.15) is 31.2 Å². The fourth-order valence-electron chi connectivity index (χ4n) is 2.90. The van der Waals surface area contributed by atoms with Crippen LogP contribution in [0.15, 0.2) is 48.5 Å². The van der Waals surface area contributed by atoms with Gasteiger partial charge in [-0.2, -0.15) is 0 Å². The number of nitrogens with two attached hydrogens (primary N) is 1. The van der Waals surface area contributed by atoms with Crippen LogP contribution in [0.4, 0.5) is 5.69 Å². The summed E-state index contributed by atoms with van der Waals surface area (Å²) in [7, 11) is 1.61. The van der Waals surface area contributed by atoms with Crippen molar-refractivity contribution >= 4 is 17.5 Å². The standard InChI is InChI=1S/C11H13NO2.C10H11NO2/c1-14-9-4-2-3-8(7-9)11(5-6-11)10(12)13;12-9-3-1-2-8(6-9)11-10(13)7-4-5-7/h2-4,7H,5-6H2,1H3,(H2,12,13);1-3,6-7,12H,4-5H2,(H,11,13). The van der Waals surface area contributed by atoms with Crippen molar-refractivity contribution in [2.24, 2.45) is 11.7 Å². The second-order valence-electron chi connectivity index (χ2n) is 6.99.